The molecule has 4 rings (SSSR count). The van der Waals surface area contributed by atoms with Crippen molar-refractivity contribution in [3.05, 3.63) is 71.9 Å². The zero-order valence-electron chi connectivity index (χ0n) is 20.4. The maximum absolute atomic E-state index is 13.3. The van der Waals surface area contributed by atoms with Crippen LogP contribution in [0.25, 0.3) is 11.0 Å². The Kier molecular flexibility index (Phi) is 7.58. The predicted molar refractivity (Wildman–Crippen MR) is 136 cm³/mol. The second-order valence-electron chi connectivity index (χ2n) is 8.34. The Morgan fingerprint density at radius 1 is 1.03 bits per heavy atom. The maximum Gasteiger partial charge on any atom is 0.405 e. The number of halogens is 3. The normalized spacial score (nSPS) is 11.9. The molecule has 0 fully saturated rings. The van der Waals surface area contributed by atoms with Gasteiger partial charge in [0.25, 0.3) is 10.0 Å². The van der Waals surface area contributed by atoms with Gasteiger partial charge in [-0.3, -0.25) is 4.79 Å². The molecule has 0 aliphatic carbocycles. The van der Waals surface area contributed by atoms with Crippen LogP contribution in [-0.2, 0) is 26.0 Å². The number of anilines is 3. The number of alkyl halides is 3. The molecule has 9 nitrogen and oxygen atoms in total. The highest BCUT2D eigenvalue weighted by Crippen LogP contribution is 2.29. The molecule has 13 heteroatoms. The quantitative estimate of drug-likeness (QED) is 0.287. The number of aromatic nitrogens is 3. The fraction of sp³-hybridized carbons (Fsp3) is 0.240. The van der Waals surface area contributed by atoms with Crippen LogP contribution in [-0.4, -0.2) is 47.7 Å². The molecule has 0 unspecified atom stereocenters. The number of rotatable bonds is 9. The fourth-order valence-corrected chi connectivity index (χ4v) is 4.89. The third-order valence-corrected chi connectivity index (χ3v) is 7.09. The number of aryl methyl sites for hydroxylation is 1. The molecule has 0 amide bonds. The van der Waals surface area contributed by atoms with Gasteiger partial charge in [0.1, 0.15) is 12.4 Å². The van der Waals surface area contributed by atoms with Crippen molar-refractivity contribution in [1.82, 2.24) is 13.9 Å². The summed E-state index contributed by atoms with van der Waals surface area (Å²) in [6.07, 6.45) is -3.23. The molecule has 200 valence electrons. The third-order valence-electron chi connectivity index (χ3n) is 5.41. The van der Waals surface area contributed by atoms with Crippen LogP contribution >= 0.6 is 0 Å². The van der Waals surface area contributed by atoms with Crippen molar-refractivity contribution in [2.75, 3.05) is 23.8 Å². The molecule has 0 aliphatic heterocycles. The van der Waals surface area contributed by atoms with Crippen LogP contribution in [0.4, 0.5) is 30.6 Å². The minimum absolute atomic E-state index is 0.00397. The van der Waals surface area contributed by atoms with Crippen molar-refractivity contribution >= 4 is 44.5 Å². The lowest BCUT2D eigenvalue weighted by Crippen LogP contribution is -2.22. The Balaban J connectivity index is 1.72. The van der Waals surface area contributed by atoms with Gasteiger partial charge in [-0.25, -0.2) is 12.4 Å². The van der Waals surface area contributed by atoms with Crippen molar-refractivity contribution in [2.45, 2.75) is 31.3 Å². The summed E-state index contributed by atoms with van der Waals surface area (Å²) in [5, 5.41) is 5.22. The van der Waals surface area contributed by atoms with E-state index in [1.54, 1.807) is 43.3 Å². The molecule has 0 aliphatic rings. The summed E-state index contributed by atoms with van der Waals surface area (Å²) in [7, 11) is -4.11. The van der Waals surface area contributed by atoms with Crippen molar-refractivity contribution in [2.24, 2.45) is 0 Å². The van der Waals surface area contributed by atoms with Gasteiger partial charge in [0.2, 0.25) is 5.95 Å². The number of nitrogens with zero attached hydrogens (tertiary/aromatic N) is 3. The largest absolute Gasteiger partial charge is 0.466 e. The molecule has 0 saturated heterocycles. The number of carbonyl (C=O) groups excluding carboxylic acids is 1. The van der Waals surface area contributed by atoms with Crippen LogP contribution < -0.4 is 10.6 Å². The van der Waals surface area contributed by atoms with Crippen LogP contribution in [0.5, 0.6) is 0 Å². The molecule has 0 spiro atoms. The predicted octanol–water partition coefficient (Wildman–Crippen LogP) is 4.80. The molecular weight excluding hydrogens is 523 g/mol. The molecule has 2 heterocycles. The van der Waals surface area contributed by atoms with Crippen molar-refractivity contribution in [1.29, 1.82) is 0 Å². The lowest BCUT2D eigenvalue weighted by Gasteiger charge is -2.13. The molecule has 4 aromatic rings. The fourth-order valence-electron chi connectivity index (χ4n) is 3.60. The van der Waals surface area contributed by atoms with E-state index in [1.807, 2.05) is 6.92 Å². The number of benzene rings is 2. The molecule has 38 heavy (non-hydrogen) atoms. The monoisotopic (exact) mass is 547 g/mol. The van der Waals surface area contributed by atoms with E-state index in [9.17, 15) is 26.4 Å². The van der Waals surface area contributed by atoms with Gasteiger partial charge in [0.15, 0.2) is 5.65 Å². The molecule has 2 aromatic carbocycles. The van der Waals surface area contributed by atoms with Crippen molar-refractivity contribution in [3.8, 4) is 0 Å². The summed E-state index contributed by atoms with van der Waals surface area (Å²) in [5.74, 6) is -0.691. The number of ether oxygens (including phenoxy) is 1. The Morgan fingerprint density at radius 3 is 2.34 bits per heavy atom. The van der Waals surface area contributed by atoms with E-state index in [2.05, 4.69) is 20.6 Å². The topological polar surface area (TPSA) is 115 Å². The Morgan fingerprint density at radius 2 is 1.71 bits per heavy atom. The second kappa shape index (κ2) is 10.7. The first-order valence-electron chi connectivity index (χ1n) is 11.5. The van der Waals surface area contributed by atoms with Crippen molar-refractivity contribution < 1.29 is 31.1 Å². The van der Waals surface area contributed by atoms with Gasteiger partial charge in [-0.15, -0.1) is 0 Å². The zero-order chi connectivity index (χ0) is 27.5. The van der Waals surface area contributed by atoms with Crippen LogP contribution in [0.3, 0.4) is 0 Å². The SMILES string of the molecule is CCOC(=O)Cc1ccc(Nc2nc(NCC(F)(F)F)c3ccn(S(=O)(=O)c4ccc(C)cc4)c3n2)cc1. The Labute approximate surface area is 216 Å². The number of nitrogens with one attached hydrogen (secondary N) is 2. The van der Waals surface area contributed by atoms with E-state index in [0.717, 1.165) is 9.54 Å². The summed E-state index contributed by atoms with van der Waals surface area (Å²) in [6.45, 7) is 2.41. The summed E-state index contributed by atoms with van der Waals surface area (Å²) in [6, 6.07) is 14.1. The molecule has 0 saturated carbocycles. The van der Waals surface area contributed by atoms with Crippen molar-refractivity contribution in [3.63, 3.8) is 0 Å². The van der Waals surface area contributed by atoms with E-state index in [0.29, 0.717) is 11.3 Å². The molecule has 0 bridgehead atoms. The number of hydrogen-bond acceptors (Lipinski definition) is 8. The lowest BCUT2D eigenvalue weighted by molar-refractivity contribution is -0.142. The second-order valence-corrected chi connectivity index (χ2v) is 10.2. The number of hydrogen-bond donors (Lipinski definition) is 2. The maximum atomic E-state index is 13.3. The van der Waals surface area contributed by atoms with Gasteiger partial charge in [-0.05, 0) is 49.7 Å². The van der Waals surface area contributed by atoms with Gasteiger partial charge < -0.3 is 15.4 Å². The highest BCUT2D eigenvalue weighted by molar-refractivity contribution is 7.90. The molecule has 2 N–H and O–H groups in total. The number of esters is 1. The summed E-state index contributed by atoms with van der Waals surface area (Å²) < 4.78 is 71.4. The van der Waals surface area contributed by atoms with Crippen LogP contribution in [0.15, 0.2) is 65.7 Å². The number of carbonyl (C=O) groups is 1. The van der Waals surface area contributed by atoms with Gasteiger partial charge in [0.05, 0.1) is 23.3 Å². The van der Waals surface area contributed by atoms with Crippen LogP contribution in [0, 0.1) is 6.92 Å². The highest BCUT2D eigenvalue weighted by Gasteiger charge is 2.28. The first-order valence-corrected chi connectivity index (χ1v) is 12.9. The first kappa shape index (κ1) is 26.9. The molecular formula is C25H24F3N5O4S. The lowest BCUT2D eigenvalue weighted by atomic mass is 10.1. The van der Waals surface area contributed by atoms with E-state index in [-0.39, 0.29) is 46.7 Å². The molecule has 0 atom stereocenters. The van der Waals surface area contributed by atoms with E-state index >= 15 is 0 Å². The Hall–Kier alpha value is -4.13. The smallest absolute Gasteiger partial charge is 0.405 e. The highest BCUT2D eigenvalue weighted by atomic mass is 32.2. The Bertz CT molecular complexity index is 1550. The summed E-state index contributed by atoms with van der Waals surface area (Å²) in [5.41, 5.74) is 1.92. The molecule has 2 aromatic heterocycles. The zero-order valence-corrected chi connectivity index (χ0v) is 21.2. The summed E-state index contributed by atoms with van der Waals surface area (Å²) in [4.78, 5) is 20.2. The minimum atomic E-state index is -4.53. The molecule has 0 radical (unpaired) electrons. The van der Waals surface area contributed by atoms with Crippen LogP contribution in [0.2, 0.25) is 0 Å². The van der Waals surface area contributed by atoms with Gasteiger partial charge in [-0.2, -0.15) is 23.1 Å². The van der Waals surface area contributed by atoms with Gasteiger partial charge in [-0.1, -0.05) is 29.8 Å². The average Bonchev–Trinajstić information content (AvgIpc) is 3.29. The van der Waals surface area contributed by atoms with E-state index in [4.69, 9.17) is 4.74 Å². The van der Waals surface area contributed by atoms with Gasteiger partial charge >= 0.3 is 12.1 Å². The third kappa shape index (κ3) is 6.22. The van der Waals surface area contributed by atoms with Gasteiger partial charge in [0, 0.05) is 11.9 Å². The standard InChI is InChI=1S/C25H24F3N5O4S/c1-3-37-21(34)14-17-6-8-18(9-7-17)30-24-31-22(29-15-25(26,27)28)20-12-13-33(23(20)32-24)38(35,36)19-10-4-16(2)5-11-19/h4-13H,3,14-15H2,1-2H3,(H2,29,30,31,32). The first-order chi connectivity index (χ1) is 18.0. The van der Waals surface area contributed by atoms with E-state index in [1.165, 1.54) is 24.4 Å². The summed E-state index contributed by atoms with van der Waals surface area (Å²) >= 11 is 0. The minimum Gasteiger partial charge on any atom is -0.466 e. The number of fused-ring (bicyclic) bond motifs is 1. The van der Waals surface area contributed by atoms with E-state index < -0.39 is 22.7 Å². The average molecular weight is 548 g/mol. The van der Waals surface area contributed by atoms with Crippen LogP contribution in [0.1, 0.15) is 18.1 Å².